The van der Waals surface area contributed by atoms with Crippen LogP contribution in [0.15, 0.2) is 0 Å². The SMILES string of the molecule is CN(C1CC1)S(=O)(=O)CC1CCCN1. The summed E-state index contributed by atoms with van der Waals surface area (Å²) in [5.41, 5.74) is 0. The number of rotatable bonds is 4. The zero-order chi connectivity index (χ0) is 10.2. The normalized spacial score (nSPS) is 28.6. The van der Waals surface area contributed by atoms with Gasteiger partial charge in [0.1, 0.15) is 0 Å². The van der Waals surface area contributed by atoms with E-state index in [0.29, 0.717) is 6.04 Å². The Morgan fingerprint density at radius 2 is 2.07 bits per heavy atom. The Bertz CT molecular complexity index is 292. The van der Waals surface area contributed by atoms with Crippen molar-refractivity contribution in [1.82, 2.24) is 9.62 Å². The predicted octanol–water partition coefficient (Wildman–Crippen LogP) is 0.162. The minimum atomic E-state index is -3.01. The lowest BCUT2D eigenvalue weighted by Crippen LogP contribution is -2.38. The second-order valence-electron chi connectivity index (χ2n) is 4.32. The Hall–Kier alpha value is -0.130. The van der Waals surface area contributed by atoms with E-state index in [1.807, 2.05) is 0 Å². The van der Waals surface area contributed by atoms with Crippen molar-refractivity contribution in [3.8, 4) is 0 Å². The van der Waals surface area contributed by atoms with Crippen molar-refractivity contribution in [1.29, 1.82) is 0 Å². The summed E-state index contributed by atoms with van der Waals surface area (Å²) in [6, 6.07) is 0.475. The summed E-state index contributed by atoms with van der Waals surface area (Å²) >= 11 is 0. The van der Waals surface area contributed by atoms with E-state index >= 15 is 0 Å². The van der Waals surface area contributed by atoms with E-state index in [9.17, 15) is 8.42 Å². The molecule has 1 aliphatic carbocycles. The first-order valence-electron chi connectivity index (χ1n) is 5.29. The molecule has 0 spiro atoms. The average Bonchev–Trinajstić information content (AvgIpc) is 2.85. The molecule has 1 heterocycles. The first-order chi connectivity index (χ1) is 6.59. The van der Waals surface area contributed by atoms with E-state index in [4.69, 9.17) is 0 Å². The van der Waals surface area contributed by atoms with Crippen LogP contribution in [-0.2, 0) is 10.0 Å². The third-order valence-electron chi connectivity index (χ3n) is 3.07. The van der Waals surface area contributed by atoms with E-state index in [-0.39, 0.29) is 11.8 Å². The maximum absolute atomic E-state index is 11.9. The Labute approximate surface area is 85.7 Å². The smallest absolute Gasteiger partial charge is 0.215 e. The summed E-state index contributed by atoms with van der Waals surface area (Å²) < 4.78 is 25.3. The Kier molecular flexibility index (Phi) is 2.81. The van der Waals surface area contributed by atoms with Gasteiger partial charge in [-0.2, -0.15) is 0 Å². The van der Waals surface area contributed by atoms with Crippen LogP contribution in [0.3, 0.4) is 0 Å². The highest BCUT2D eigenvalue weighted by atomic mass is 32.2. The van der Waals surface area contributed by atoms with Gasteiger partial charge in [-0.05, 0) is 32.2 Å². The molecule has 1 N–H and O–H groups in total. The zero-order valence-corrected chi connectivity index (χ0v) is 9.39. The maximum Gasteiger partial charge on any atom is 0.215 e. The zero-order valence-electron chi connectivity index (χ0n) is 8.57. The molecule has 0 aromatic rings. The van der Waals surface area contributed by atoms with Gasteiger partial charge in [0.15, 0.2) is 0 Å². The minimum absolute atomic E-state index is 0.182. The number of nitrogens with one attached hydrogen (secondary N) is 1. The quantitative estimate of drug-likeness (QED) is 0.731. The summed E-state index contributed by atoms with van der Waals surface area (Å²) in [5, 5.41) is 3.22. The van der Waals surface area contributed by atoms with Gasteiger partial charge >= 0.3 is 0 Å². The highest BCUT2D eigenvalue weighted by Crippen LogP contribution is 2.28. The molecule has 4 nitrogen and oxygen atoms in total. The standard InChI is InChI=1S/C9H18N2O2S/c1-11(9-4-5-9)14(12,13)7-8-3-2-6-10-8/h8-10H,2-7H2,1H3. The summed E-state index contributed by atoms with van der Waals surface area (Å²) in [6.07, 6.45) is 4.17. The van der Waals surface area contributed by atoms with E-state index in [1.54, 1.807) is 11.4 Å². The first-order valence-corrected chi connectivity index (χ1v) is 6.89. The van der Waals surface area contributed by atoms with E-state index in [2.05, 4.69) is 5.32 Å². The largest absolute Gasteiger partial charge is 0.313 e. The van der Waals surface area contributed by atoms with E-state index < -0.39 is 10.0 Å². The third kappa shape index (κ3) is 2.27. The number of sulfonamides is 1. The van der Waals surface area contributed by atoms with Crippen LogP contribution in [0, 0.1) is 0 Å². The van der Waals surface area contributed by atoms with Crippen LogP contribution in [0.5, 0.6) is 0 Å². The molecule has 14 heavy (non-hydrogen) atoms. The molecule has 1 atom stereocenters. The fourth-order valence-corrected chi connectivity index (χ4v) is 3.63. The monoisotopic (exact) mass is 218 g/mol. The van der Waals surface area contributed by atoms with Crippen molar-refractivity contribution in [2.45, 2.75) is 37.8 Å². The molecular weight excluding hydrogens is 200 g/mol. The molecule has 0 amide bonds. The van der Waals surface area contributed by atoms with Crippen molar-refractivity contribution in [3.05, 3.63) is 0 Å². The summed E-state index contributed by atoms with van der Waals surface area (Å²) in [4.78, 5) is 0. The molecular formula is C9H18N2O2S. The van der Waals surface area contributed by atoms with Crippen molar-refractivity contribution in [2.24, 2.45) is 0 Å². The summed E-state index contributed by atoms with van der Waals surface area (Å²) in [6.45, 7) is 0.966. The second kappa shape index (κ2) is 3.79. The Morgan fingerprint density at radius 1 is 1.36 bits per heavy atom. The minimum Gasteiger partial charge on any atom is -0.313 e. The maximum atomic E-state index is 11.9. The van der Waals surface area contributed by atoms with E-state index in [0.717, 1.165) is 32.2 Å². The Morgan fingerprint density at radius 3 is 2.57 bits per heavy atom. The summed E-state index contributed by atoms with van der Waals surface area (Å²) in [7, 11) is -1.30. The van der Waals surface area contributed by atoms with Crippen LogP contribution in [0.2, 0.25) is 0 Å². The number of hydrogen-bond donors (Lipinski definition) is 1. The molecule has 2 fully saturated rings. The fraction of sp³-hybridized carbons (Fsp3) is 1.00. The van der Waals surface area contributed by atoms with Gasteiger partial charge in [-0.25, -0.2) is 12.7 Å². The molecule has 1 saturated carbocycles. The number of hydrogen-bond acceptors (Lipinski definition) is 3. The van der Waals surface area contributed by atoms with Gasteiger partial charge < -0.3 is 5.32 Å². The Balaban J connectivity index is 1.93. The lowest BCUT2D eigenvalue weighted by atomic mass is 10.3. The van der Waals surface area contributed by atoms with Crippen LogP contribution in [0.1, 0.15) is 25.7 Å². The fourth-order valence-electron chi connectivity index (χ4n) is 1.94. The van der Waals surface area contributed by atoms with Gasteiger partial charge in [-0.1, -0.05) is 0 Å². The van der Waals surface area contributed by atoms with Gasteiger partial charge in [0.05, 0.1) is 5.75 Å². The molecule has 82 valence electrons. The van der Waals surface area contributed by atoms with Crippen LogP contribution < -0.4 is 5.32 Å². The van der Waals surface area contributed by atoms with E-state index in [1.165, 1.54) is 0 Å². The van der Waals surface area contributed by atoms with Gasteiger partial charge in [0, 0.05) is 19.1 Å². The van der Waals surface area contributed by atoms with Crippen molar-refractivity contribution >= 4 is 10.0 Å². The van der Waals surface area contributed by atoms with Gasteiger partial charge in [0.25, 0.3) is 0 Å². The molecule has 2 rings (SSSR count). The van der Waals surface area contributed by atoms with Crippen LogP contribution >= 0.6 is 0 Å². The predicted molar refractivity (Wildman–Crippen MR) is 55.6 cm³/mol. The highest BCUT2D eigenvalue weighted by molar-refractivity contribution is 7.89. The van der Waals surface area contributed by atoms with Crippen LogP contribution in [-0.4, -0.2) is 44.2 Å². The van der Waals surface area contributed by atoms with Gasteiger partial charge in [-0.3, -0.25) is 0 Å². The summed E-state index contributed by atoms with van der Waals surface area (Å²) in [5.74, 6) is 0.278. The second-order valence-corrected chi connectivity index (χ2v) is 6.39. The molecule has 5 heteroatoms. The first kappa shape index (κ1) is 10.4. The lowest BCUT2D eigenvalue weighted by molar-refractivity contribution is 0.457. The van der Waals surface area contributed by atoms with Crippen LogP contribution in [0.4, 0.5) is 0 Å². The molecule has 1 aliphatic heterocycles. The highest BCUT2D eigenvalue weighted by Gasteiger charge is 2.35. The van der Waals surface area contributed by atoms with Crippen molar-refractivity contribution in [3.63, 3.8) is 0 Å². The molecule has 1 unspecified atom stereocenters. The molecule has 2 aliphatic rings. The average molecular weight is 218 g/mol. The van der Waals surface area contributed by atoms with Gasteiger partial charge in [-0.15, -0.1) is 0 Å². The molecule has 0 radical (unpaired) electrons. The molecule has 0 bridgehead atoms. The molecule has 1 saturated heterocycles. The van der Waals surface area contributed by atoms with Crippen LogP contribution in [0.25, 0.3) is 0 Å². The molecule has 0 aromatic carbocycles. The number of nitrogens with zero attached hydrogens (tertiary/aromatic N) is 1. The van der Waals surface area contributed by atoms with Gasteiger partial charge in [0.2, 0.25) is 10.0 Å². The third-order valence-corrected chi connectivity index (χ3v) is 5.07. The topological polar surface area (TPSA) is 49.4 Å². The van der Waals surface area contributed by atoms with Crippen molar-refractivity contribution in [2.75, 3.05) is 19.3 Å². The lowest BCUT2D eigenvalue weighted by Gasteiger charge is -2.19. The van der Waals surface area contributed by atoms with Crippen molar-refractivity contribution < 1.29 is 8.42 Å². The molecule has 0 aromatic heterocycles.